The highest BCUT2D eigenvalue weighted by Gasteiger charge is 2.30. The second-order valence-corrected chi connectivity index (χ2v) is 4.80. The fourth-order valence-electron chi connectivity index (χ4n) is 1.95. The van der Waals surface area contributed by atoms with Crippen molar-refractivity contribution in [3.05, 3.63) is 29.8 Å². The van der Waals surface area contributed by atoms with Crippen LogP contribution < -0.4 is 5.32 Å². The average Bonchev–Trinajstić information content (AvgIpc) is 3.01. The fraction of sp³-hybridized carbons (Fsp3) is 0.538. The first kappa shape index (κ1) is 12.3. The fourth-order valence-corrected chi connectivity index (χ4v) is 1.95. The molecule has 1 atom stereocenters. The van der Waals surface area contributed by atoms with Crippen molar-refractivity contribution < 1.29 is 13.2 Å². The number of anilines is 1. The Hall–Kier alpha value is -1.19. The van der Waals surface area contributed by atoms with E-state index in [0.717, 1.165) is 30.2 Å². The van der Waals surface area contributed by atoms with Crippen LogP contribution in [-0.2, 0) is 6.18 Å². The van der Waals surface area contributed by atoms with Crippen molar-refractivity contribution in [3.8, 4) is 0 Å². The van der Waals surface area contributed by atoms with E-state index in [-0.39, 0.29) is 0 Å². The molecule has 1 fully saturated rings. The first-order chi connectivity index (χ1) is 7.95. The van der Waals surface area contributed by atoms with Crippen molar-refractivity contribution in [2.45, 2.75) is 38.4 Å². The van der Waals surface area contributed by atoms with Gasteiger partial charge in [-0.25, -0.2) is 0 Å². The predicted octanol–water partition coefficient (Wildman–Crippen LogP) is 4.31. The molecule has 17 heavy (non-hydrogen) atoms. The molecule has 1 N–H and O–H groups in total. The van der Waals surface area contributed by atoms with Gasteiger partial charge < -0.3 is 5.32 Å². The second-order valence-electron chi connectivity index (χ2n) is 4.80. The zero-order chi connectivity index (χ0) is 12.5. The molecule has 0 saturated heterocycles. The van der Waals surface area contributed by atoms with Gasteiger partial charge in [-0.3, -0.25) is 0 Å². The third-order valence-electron chi connectivity index (χ3n) is 3.01. The molecule has 1 nitrogen and oxygen atoms in total. The lowest BCUT2D eigenvalue weighted by atomic mass is 10.1. The first-order valence-corrected chi connectivity index (χ1v) is 5.89. The molecule has 0 heterocycles. The summed E-state index contributed by atoms with van der Waals surface area (Å²) in [5, 5.41) is 3.22. The lowest BCUT2D eigenvalue weighted by Crippen LogP contribution is -2.15. The molecule has 0 radical (unpaired) electrons. The Morgan fingerprint density at radius 1 is 1.24 bits per heavy atom. The van der Waals surface area contributed by atoms with Crippen molar-refractivity contribution in [2.75, 3.05) is 5.32 Å². The number of benzene rings is 1. The summed E-state index contributed by atoms with van der Waals surface area (Å²) < 4.78 is 37.0. The lowest BCUT2D eigenvalue weighted by Gasteiger charge is -2.15. The molecule has 1 aliphatic carbocycles. The molecule has 1 unspecified atom stereocenters. The number of nitrogens with one attached hydrogen (secondary N) is 1. The summed E-state index contributed by atoms with van der Waals surface area (Å²) in [5.41, 5.74) is 0.157. The molecule has 1 aromatic carbocycles. The monoisotopic (exact) mass is 243 g/mol. The Kier molecular flexibility index (Phi) is 3.31. The minimum Gasteiger partial charge on any atom is -0.383 e. The molecular weight excluding hydrogens is 227 g/mol. The number of rotatable bonds is 4. The van der Waals surface area contributed by atoms with E-state index in [4.69, 9.17) is 0 Å². The molecule has 2 rings (SSSR count). The molecule has 1 aliphatic rings. The zero-order valence-electron chi connectivity index (χ0n) is 9.72. The molecule has 0 aliphatic heterocycles. The van der Waals surface area contributed by atoms with E-state index in [1.807, 2.05) is 0 Å². The Balaban J connectivity index is 1.92. The largest absolute Gasteiger partial charge is 0.416 e. The van der Waals surface area contributed by atoms with Gasteiger partial charge in [0, 0.05) is 11.7 Å². The summed E-state index contributed by atoms with van der Waals surface area (Å²) in [6, 6.07) is 5.54. The topological polar surface area (TPSA) is 12.0 Å². The van der Waals surface area contributed by atoms with E-state index in [1.165, 1.54) is 25.0 Å². The van der Waals surface area contributed by atoms with Crippen LogP contribution in [0, 0.1) is 5.92 Å². The zero-order valence-corrected chi connectivity index (χ0v) is 9.72. The molecule has 1 aromatic rings. The highest BCUT2D eigenvalue weighted by atomic mass is 19.4. The summed E-state index contributed by atoms with van der Waals surface area (Å²) in [6.45, 7) is 2.07. The summed E-state index contributed by atoms with van der Waals surface area (Å²) >= 11 is 0. The molecule has 4 heteroatoms. The van der Waals surface area contributed by atoms with Crippen molar-refractivity contribution in [1.29, 1.82) is 0 Å². The maximum atomic E-state index is 12.3. The van der Waals surface area contributed by atoms with Gasteiger partial charge >= 0.3 is 6.18 Å². The summed E-state index contributed by atoms with van der Waals surface area (Å²) in [5.74, 6) is 0.812. The minimum absolute atomic E-state index is 0.319. The van der Waals surface area contributed by atoms with Crippen LogP contribution in [0.4, 0.5) is 18.9 Å². The van der Waals surface area contributed by atoms with Crippen LogP contribution >= 0.6 is 0 Å². The summed E-state index contributed by atoms with van der Waals surface area (Å²) in [7, 11) is 0. The third-order valence-corrected chi connectivity index (χ3v) is 3.01. The van der Waals surface area contributed by atoms with E-state index in [0.29, 0.717) is 6.04 Å². The van der Waals surface area contributed by atoms with E-state index in [9.17, 15) is 13.2 Å². The van der Waals surface area contributed by atoms with E-state index < -0.39 is 11.7 Å². The number of alkyl halides is 3. The van der Waals surface area contributed by atoms with Crippen LogP contribution in [0.1, 0.15) is 31.7 Å². The van der Waals surface area contributed by atoms with Crippen LogP contribution in [0.15, 0.2) is 24.3 Å². The maximum absolute atomic E-state index is 12.3. The standard InChI is InChI=1S/C13H16F3N/c1-9(8-10-2-3-10)17-12-6-4-11(5-7-12)13(14,15)16/h4-7,9-10,17H,2-3,8H2,1H3. The molecule has 0 amide bonds. The Bertz CT molecular complexity index is 365. The van der Waals surface area contributed by atoms with Crippen molar-refractivity contribution >= 4 is 5.69 Å². The van der Waals surface area contributed by atoms with Crippen molar-refractivity contribution in [3.63, 3.8) is 0 Å². The number of hydrogen-bond acceptors (Lipinski definition) is 1. The maximum Gasteiger partial charge on any atom is 0.416 e. The first-order valence-electron chi connectivity index (χ1n) is 5.89. The van der Waals surface area contributed by atoms with Gasteiger partial charge in [-0.15, -0.1) is 0 Å². The van der Waals surface area contributed by atoms with E-state index in [1.54, 1.807) is 0 Å². The van der Waals surface area contributed by atoms with Gasteiger partial charge in [-0.1, -0.05) is 12.8 Å². The number of hydrogen-bond donors (Lipinski definition) is 1. The highest BCUT2D eigenvalue weighted by Crippen LogP contribution is 2.34. The molecule has 0 spiro atoms. The number of halogens is 3. The van der Waals surface area contributed by atoms with Crippen LogP contribution in [0.25, 0.3) is 0 Å². The van der Waals surface area contributed by atoms with Crippen molar-refractivity contribution in [2.24, 2.45) is 5.92 Å². The second kappa shape index (κ2) is 4.59. The van der Waals surface area contributed by atoms with Gasteiger partial charge in [-0.2, -0.15) is 13.2 Å². The molecule has 1 saturated carbocycles. The Morgan fingerprint density at radius 3 is 2.29 bits per heavy atom. The van der Waals surface area contributed by atoms with Crippen LogP contribution in [0.5, 0.6) is 0 Å². The SMILES string of the molecule is CC(CC1CC1)Nc1ccc(C(F)(F)F)cc1. The summed E-state index contributed by atoms with van der Waals surface area (Å²) in [6.07, 6.45) is -0.572. The highest BCUT2D eigenvalue weighted by molar-refractivity contribution is 5.45. The smallest absolute Gasteiger partial charge is 0.383 e. The van der Waals surface area contributed by atoms with Crippen LogP contribution in [-0.4, -0.2) is 6.04 Å². The predicted molar refractivity (Wildman–Crippen MR) is 61.9 cm³/mol. The van der Waals surface area contributed by atoms with Crippen LogP contribution in [0.2, 0.25) is 0 Å². The Labute approximate surface area is 99.0 Å². The minimum atomic E-state index is -4.25. The quantitative estimate of drug-likeness (QED) is 0.831. The van der Waals surface area contributed by atoms with Crippen LogP contribution in [0.3, 0.4) is 0 Å². The van der Waals surface area contributed by atoms with Gasteiger partial charge in [0.1, 0.15) is 0 Å². The van der Waals surface area contributed by atoms with Gasteiger partial charge in [0.25, 0.3) is 0 Å². The van der Waals surface area contributed by atoms with Gasteiger partial charge in [0.15, 0.2) is 0 Å². The molecule has 0 bridgehead atoms. The van der Waals surface area contributed by atoms with E-state index >= 15 is 0 Å². The van der Waals surface area contributed by atoms with Crippen molar-refractivity contribution in [1.82, 2.24) is 0 Å². The molecule has 94 valence electrons. The molecular formula is C13H16F3N. The lowest BCUT2D eigenvalue weighted by molar-refractivity contribution is -0.137. The summed E-state index contributed by atoms with van der Waals surface area (Å²) in [4.78, 5) is 0. The van der Waals surface area contributed by atoms with Gasteiger partial charge in [0.05, 0.1) is 5.56 Å². The van der Waals surface area contributed by atoms with E-state index in [2.05, 4.69) is 12.2 Å². The third kappa shape index (κ3) is 3.65. The van der Waals surface area contributed by atoms with Gasteiger partial charge in [0.2, 0.25) is 0 Å². The average molecular weight is 243 g/mol. The Morgan fingerprint density at radius 2 is 1.82 bits per heavy atom. The molecule has 0 aromatic heterocycles. The normalized spacial score (nSPS) is 17.9. The van der Waals surface area contributed by atoms with Gasteiger partial charge in [-0.05, 0) is 43.5 Å².